The molecule has 0 fully saturated rings. The van der Waals surface area contributed by atoms with Gasteiger partial charge in [0.2, 0.25) is 0 Å². The Kier molecular flexibility index (Phi) is 6.60. The third kappa shape index (κ3) is 4.72. The van der Waals surface area contributed by atoms with E-state index in [1.54, 1.807) is 0 Å². The van der Waals surface area contributed by atoms with Gasteiger partial charge in [0, 0.05) is 0 Å². The molecule has 2 rings (SSSR count). The highest BCUT2D eigenvalue weighted by Crippen LogP contribution is 2.42. The molecule has 0 saturated heterocycles. The second-order valence-corrected chi connectivity index (χ2v) is 8.55. The van der Waals surface area contributed by atoms with Gasteiger partial charge >= 0.3 is 0 Å². The van der Waals surface area contributed by atoms with E-state index in [4.69, 9.17) is 4.74 Å². The first-order valence-corrected chi connectivity index (χ1v) is 10.1. The van der Waals surface area contributed by atoms with Crippen molar-refractivity contribution in [3.63, 3.8) is 0 Å². The lowest BCUT2D eigenvalue weighted by molar-refractivity contribution is 0.128. The summed E-state index contributed by atoms with van der Waals surface area (Å²) in [7, 11) is 0. The van der Waals surface area contributed by atoms with Gasteiger partial charge in [0.05, 0.1) is 5.56 Å². The van der Waals surface area contributed by atoms with Crippen LogP contribution in [0, 0.1) is 11.8 Å². The Hall–Kier alpha value is -1.70. The van der Waals surface area contributed by atoms with E-state index in [0.29, 0.717) is 23.5 Å². The van der Waals surface area contributed by atoms with Gasteiger partial charge in [-0.05, 0) is 81.2 Å². The molecule has 0 aromatic heterocycles. The van der Waals surface area contributed by atoms with E-state index >= 15 is 0 Å². The third-order valence-electron chi connectivity index (χ3n) is 6.14. The van der Waals surface area contributed by atoms with E-state index in [0.717, 1.165) is 29.7 Å². The van der Waals surface area contributed by atoms with Crippen LogP contribution in [0.5, 0.6) is 11.5 Å². The topological polar surface area (TPSA) is 29.5 Å². The number of phenols is 1. The molecule has 2 nitrogen and oxygen atoms in total. The summed E-state index contributed by atoms with van der Waals surface area (Å²) in [5.74, 6) is 2.72. The summed E-state index contributed by atoms with van der Waals surface area (Å²) in [6, 6.07) is 4.06. The Balaban J connectivity index is 2.26. The van der Waals surface area contributed by atoms with E-state index in [1.165, 1.54) is 12.0 Å². The van der Waals surface area contributed by atoms with Crippen molar-refractivity contribution in [2.45, 2.75) is 79.2 Å². The lowest BCUT2D eigenvalue weighted by Crippen LogP contribution is -2.31. The van der Waals surface area contributed by atoms with Crippen LogP contribution < -0.4 is 4.74 Å². The fourth-order valence-electron chi connectivity index (χ4n) is 3.64. The number of hydrogen-bond acceptors (Lipinski definition) is 2. The second-order valence-electron chi connectivity index (χ2n) is 8.55. The third-order valence-corrected chi connectivity index (χ3v) is 6.14. The number of aromatic hydroxyl groups is 1. The molecule has 1 aliphatic rings. The van der Waals surface area contributed by atoms with Gasteiger partial charge in [0.15, 0.2) is 0 Å². The highest BCUT2D eigenvalue weighted by Gasteiger charge is 2.29. The molecule has 4 atom stereocenters. The van der Waals surface area contributed by atoms with Gasteiger partial charge in [-0.25, -0.2) is 0 Å². The standard InChI is InChI=1S/C24H36O2/c1-8-17(4)18(5)19(6)20-14-22(25)21-11-13-24(7,26-23(21)15-20)12-9-10-16(2)3/h10-11,13-15,17-19,25H,8-9,12H2,1-7H3. The first-order valence-electron chi connectivity index (χ1n) is 10.1. The zero-order valence-corrected chi connectivity index (χ0v) is 17.6. The van der Waals surface area contributed by atoms with Crippen LogP contribution in [-0.4, -0.2) is 10.7 Å². The molecule has 0 radical (unpaired) electrons. The Bertz CT molecular complexity index is 682. The van der Waals surface area contributed by atoms with E-state index < -0.39 is 0 Å². The van der Waals surface area contributed by atoms with Crippen LogP contribution in [0.3, 0.4) is 0 Å². The highest BCUT2D eigenvalue weighted by molar-refractivity contribution is 5.68. The summed E-state index contributed by atoms with van der Waals surface area (Å²) in [6.07, 6.45) is 9.44. The zero-order chi connectivity index (χ0) is 19.5. The van der Waals surface area contributed by atoms with Crippen LogP contribution in [0.4, 0.5) is 0 Å². The minimum Gasteiger partial charge on any atom is -0.507 e. The first-order chi connectivity index (χ1) is 12.2. The molecule has 4 unspecified atom stereocenters. The molecule has 1 heterocycles. The maximum absolute atomic E-state index is 10.5. The average Bonchev–Trinajstić information content (AvgIpc) is 2.58. The number of fused-ring (bicyclic) bond motifs is 1. The minimum absolute atomic E-state index is 0.322. The van der Waals surface area contributed by atoms with Gasteiger partial charge in [-0.1, -0.05) is 45.8 Å². The first kappa shape index (κ1) is 20.6. The predicted octanol–water partition coefficient (Wildman–Crippen LogP) is 7.09. The van der Waals surface area contributed by atoms with Crippen LogP contribution in [0.15, 0.2) is 29.9 Å². The molecule has 26 heavy (non-hydrogen) atoms. The van der Waals surface area contributed by atoms with Crippen molar-refractivity contribution in [1.29, 1.82) is 0 Å². The van der Waals surface area contributed by atoms with Crippen LogP contribution >= 0.6 is 0 Å². The van der Waals surface area contributed by atoms with E-state index in [-0.39, 0.29) is 5.60 Å². The molecule has 0 bridgehead atoms. The Morgan fingerprint density at radius 3 is 2.54 bits per heavy atom. The molecule has 1 aromatic carbocycles. The van der Waals surface area contributed by atoms with Crippen LogP contribution in [0.1, 0.15) is 84.8 Å². The molecule has 1 aliphatic heterocycles. The molecule has 2 heteroatoms. The van der Waals surface area contributed by atoms with Crippen LogP contribution in [0.25, 0.3) is 6.08 Å². The summed E-state index contributed by atoms with van der Waals surface area (Å²) in [4.78, 5) is 0. The van der Waals surface area contributed by atoms with Crippen molar-refractivity contribution in [3.8, 4) is 11.5 Å². The number of phenolic OH excluding ortho intramolecular Hbond substituents is 1. The molecule has 144 valence electrons. The number of rotatable bonds is 7. The molecule has 0 spiro atoms. The Morgan fingerprint density at radius 2 is 1.92 bits per heavy atom. The monoisotopic (exact) mass is 356 g/mol. The molecule has 0 aliphatic carbocycles. The molecule has 1 N–H and O–H groups in total. The van der Waals surface area contributed by atoms with Crippen molar-refractivity contribution in [3.05, 3.63) is 41.0 Å². The SMILES string of the molecule is CCC(C)C(C)C(C)c1cc(O)c2c(c1)OC(C)(CCC=C(C)C)C=C2. The zero-order valence-electron chi connectivity index (χ0n) is 17.6. The fourth-order valence-corrected chi connectivity index (χ4v) is 3.64. The summed E-state index contributed by atoms with van der Waals surface area (Å²) in [5, 5.41) is 10.5. The lowest BCUT2D eigenvalue weighted by atomic mass is 9.79. The minimum atomic E-state index is -0.324. The second kappa shape index (κ2) is 8.33. The predicted molar refractivity (Wildman–Crippen MR) is 112 cm³/mol. The summed E-state index contributed by atoms with van der Waals surface area (Å²) < 4.78 is 6.36. The molecule has 1 aromatic rings. The van der Waals surface area contributed by atoms with Crippen molar-refractivity contribution >= 4 is 6.08 Å². The van der Waals surface area contributed by atoms with Crippen LogP contribution in [-0.2, 0) is 0 Å². The smallest absolute Gasteiger partial charge is 0.131 e. The number of hydrogen-bond donors (Lipinski definition) is 1. The van der Waals surface area contributed by atoms with Gasteiger partial charge in [0.1, 0.15) is 17.1 Å². The van der Waals surface area contributed by atoms with Crippen LogP contribution in [0.2, 0.25) is 0 Å². The van der Waals surface area contributed by atoms with Gasteiger partial charge in [-0.2, -0.15) is 0 Å². The van der Waals surface area contributed by atoms with Crippen molar-refractivity contribution in [2.24, 2.45) is 11.8 Å². The number of ether oxygens (including phenoxy) is 1. The quantitative estimate of drug-likeness (QED) is 0.528. The fraction of sp³-hybridized carbons (Fsp3) is 0.583. The summed E-state index contributed by atoms with van der Waals surface area (Å²) >= 11 is 0. The molecule has 0 amide bonds. The molecule has 0 saturated carbocycles. The Labute approximate surface area is 160 Å². The van der Waals surface area contributed by atoms with E-state index in [2.05, 4.69) is 66.7 Å². The average molecular weight is 357 g/mol. The number of allylic oxidation sites excluding steroid dienone is 2. The van der Waals surface area contributed by atoms with Crippen molar-refractivity contribution in [2.75, 3.05) is 0 Å². The van der Waals surface area contributed by atoms with Gasteiger partial charge in [-0.3, -0.25) is 0 Å². The normalized spacial score (nSPS) is 22.1. The van der Waals surface area contributed by atoms with Gasteiger partial charge < -0.3 is 9.84 Å². The van der Waals surface area contributed by atoms with Crippen molar-refractivity contribution < 1.29 is 9.84 Å². The van der Waals surface area contributed by atoms with Gasteiger partial charge in [-0.15, -0.1) is 0 Å². The van der Waals surface area contributed by atoms with Gasteiger partial charge in [0.25, 0.3) is 0 Å². The van der Waals surface area contributed by atoms with Crippen molar-refractivity contribution in [1.82, 2.24) is 0 Å². The lowest BCUT2D eigenvalue weighted by Gasteiger charge is -2.33. The largest absolute Gasteiger partial charge is 0.507 e. The van der Waals surface area contributed by atoms with E-state index in [9.17, 15) is 5.11 Å². The number of benzene rings is 1. The maximum Gasteiger partial charge on any atom is 0.131 e. The Morgan fingerprint density at radius 1 is 1.23 bits per heavy atom. The highest BCUT2D eigenvalue weighted by atomic mass is 16.5. The molecular formula is C24H36O2. The maximum atomic E-state index is 10.5. The molecular weight excluding hydrogens is 320 g/mol. The summed E-state index contributed by atoms with van der Waals surface area (Å²) in [6.45, 7) is 15.5. The van der Waals surface area contributed by atoms with E-state index in [1.807, 2.05) is 12.1 Å². The summed E-state index contributed by atoms with van der Waals surface area (Å²) in [5.41, 5.74) is 2.98.